The number of esters is 1. The number of carbonyl (C=O) groups excluding carboxylic acids is 1. The van der Waals surface area contributed by atoms with Crippen molar-refractivity contribution in [1.29, 1.82) is 0 Å². The molecule has 3 aromatic carbocycles. The maximum absolute atomic E-state index is 14.0. The number of carbonyl (C=O) groups is 1. The van der Waals surface area contributed by atoms with Crippen molar-refractivity contribution >= 4 is 29.1 Å². The summed E-state index contributed by atoms with van der Waals surface area (Å²) in [6.45, 7) is 4.20. The average Bonchev–Trinajstić information content (AvgIpc) is 3.31. The van der Waals surface area contributed by atoms with Gasteiger partial charge in [-0.3, -0.25) is 9.36 Å². The lowest BCUT2D eigenvalue weighted by atomic mass is 9.93. The van der Waals surface area contributed by atoms with Crippen LogP contribution >= 0.6 is 11.3 Å². The predicted molar refractivity (Wildman–Crippen MR) is 159 cm³/mol. The second-order valence-electron chi connectivity index (χ2n) is 9.12. The van der Waals surface area contributed by atoms with Gasteiger partial charge < -0.3 is 14.2 Å². The standard InChI is InChI=1S/C33H27FN2O5S/c1-4-18-41-25-17-12-21(19-26(25)39-5-2)20-27-31(37)36-30(23-13-15-24(34)16-14-23)28(32(38)40-6-3)29(35-33(36)42-27)22-10-8-7-9-11-22/h1,7-17,19-20,30H,5-6,18H2,2-3H3/t30-/m1/s1. The monoisotopic (exact) mass is 582 g/mol. The number of thiazole rings is 1. The third-order valence-corrected chi connectivity index (χ3v) is 7.42. The molecule has 0 radical (unpaired) electrons. The number of ether oxygens (including phenoxy) is 3. The molecule has 0 amide bonds. The van der Waals surface area contributed by atoms with E-state index in [0.717, 1.165) is 0 Å². The Balaban J connectivity index is 1.74. The summed E-state index contributed by atoms with van der Waals surface area (Å²) in [6.07, 6.45) is 7.06. The van der Waals surface area contributed by atoms with Crippen LogP contribution in [0.15, 0.2) is 88.2 Å². The molecule has 0 spiro atoms. The van der Waals surface area contributed by atoms with Crippen LogP contribution < -0.4 is 24.4 Å². The molecule has 5 rings (SSSR count). The van der Waals surface area contributed by atoms with Gasteiger partial charge in [-0.15, -0.1) is 6.42 Å². The summed E-state index contributed by atoms with van der Waals surface area (Å²) < 4.78 is 32.6. The highest BCUT2D eigenvalue weighted by Gasteiger charge is 2.35. The van der Waals surface area contributed by atoms with E-state index in [-0.39, 0.29) is 24.3 Å². The smallest absolute Gasteiger partial charge is 0.338 e. The van der Waals surface area contributed by atoms with Gasteiger partial charge in [-0.25, -0.2) is 14.2 Å². The van der Waals surface area contributed by atoms with E-state index in [0.29, 0.717) is 49.8 Å². The molecule has 7 nitrogen and oxygen atoms in total. The second kappa shape index (κ2) is 12.7. The first-order chi connectivity index (χ1) is 20.4. The fourth-order valence-electron chi connectivity index (χ4n) is 4.67. The van der Waals surface area contributed by atoms with Gasteiger partial charge in [0.25, 0.3) is 5.56 Å². The van der Waals surface area contributed by atoms with Gasteiger partial charge in [0.15, 0.2) is 16.3 Å². The molecule has 42 heavy (non-hydrogen) atoms. The molecule has 9 heteroatoms. The summed E-state index contributed by atoms with van der Waals surface area (Å²) >= 11 is 1.19. The van der Waals surface area contributed by atoms with Crippen LogP contribution in [0.25, 0.3) is 11.8 Å². The van der Waals surface area contributed by atoms with Crippen molar-refractivity contribution in [1.82, 2.24) is 4.57 Å². The molecule has 0 saturated heterocycles. The maximum atomic E-state index is 14.0. The van der Waals surface area contributed by atoms with Gasteiger partial charge >= 0.3 is 5.97 Å². The summed E-state index contributed by atoms with van der Waals surface area (Å²) in [5.41, 5.74) is 2.17. The van der Waals surface area contributed by atoms with Gasteiger partial charge in [-0.1, -0.05) is 65.8 Å². The molecule has 1 aromatic heterocycles. The van der Waals surface area contributed by atoms with Gasteiger partial charge in [0.2, 0.25) is 0 Å². The zero-order valence-electron chi connectivity index (χ0n) is 23.0. The van der Waals surface area contributed by atoms with Crippen molar-refractivity contribution < 1.29 is 23.4 Å². The first-order valence-electron chi connectivity index (χ1n) is 13.3. The van der Waals surface area contributed by atoms with Crippen LogP contribution in [0.4, 0.5) is 4.39 Å². The summed E-state index contributed by atoms with van der Waals surface area (Å²) in [4.78, 5) is 32.7. The Morgan fingerprint density at radius 3 is 2.50 bits per heavy atom. The van der Waals surface area contributed by atoms with Crippen molar-refractivity contribution in [3.05, 3.63) is 121 Å². The normalized spacial score (nSPS) is 14.5. The molecule has 4 aromatic rings. The summed E-state index contributed by atoms with van der Waals surface area (Å²) in [5, 5.41) is 0. The molecule has 1 aliphatic heterocycles. The molecular formula is C33H27FN2O5S. The van der Waals surface area contributed by atoms with Crippen LogP contribution in [-0.4, -0.2) is 30.4 Å². The molecule has 0 fully saturated rings. The highest BCUT2D eigenvalue weighted by Crippen LogP contribution is 2.35. The zero-order chi connectivity index (χ0) is 29.6. The van der Waals surface area contributed by atoms with Gasteiger partial charge in [0.05, 0.1) is 35.1 Å². The highest BCUT2D eigenvalue weighted by atomic mass is 32.1. The van der Waals surface area contributed by atoms with Gasteiger partial charge in [-0.2, -0.15) is 0 Å². The quantitative estimate of drug-likeness (QED) is 0.215. The number of fused-ring (bicyclic) bond motifs is 1. The minimum absolute atomic E-state index is 0.0912. The van der Waals surface area contributed by atoms with E-state index in [9.17, 15) is 14.0 Å². The number of aromatic nitrogens is 1. The number of nitrogens with zero attached hydrogens (tertiary/aromatic N) is 2. The molecule has 0 N–H and O–H groups in total. The lowest BCUT2D eigenvalue weighted by molar-refractivity contribution is -0.138. The van der Waals surface area contributed by atoms with E-state index in [1.54, 1.807) is 43.3 Å². The van der Waals surface area contributed by atoms with Crippen LogP contribution in [0.5, 0.6) is 11.5 Å². The van der Waals surface area contributed by atoms with E-state index in [2.05, 4.69) is 5.92 Å². The molecular weight excluding hydrogens is 555 g/mol. The van der Waals surface area contributed by atoms with E-state index in [1.807, 2.05) is 37.3 Å². The molecule has 1 aliphatic rings. The fourth-order valence-corrected chi connectivity index (χ4v) is 5.67. The largest absolute Gasteiger partial charge is 0.490 e. The number of hydrogen-bond acceptors (Lipinski definition) is 7. The number of terminal acetylenes is 1. The first-order valence-corrected chi connectivity index (χ1v) is 14.1. The number of benzene rings is 3. The van der Waals surface area contributed by atoms with Gasteiger partial charge in [0, 0.05) is 5.56 Å². The van der Waals surface area contributed by atoms with Crippen LogP contribution in [0.2, 0.25) is 0 Å². The second-order valence-corrected chi connectivity index (χ2v) is 10.1. The Morgan fingerprint density at radius 2 is 1.81 bits per heavy atom. The SMILES string of the molecule is C#CCOc1ccc(C=c2sc3n(c2=O)[C@H](c2ccc(F)cc2)C(C(=O)OCC)=C(c2ccccc2)N=3)cc1OCC. The molecule has 0 bridgehead atoms. The predicted octanol–water partition coefficient (Wildman–Crippen LogP) is 4.49. The van der Waals surface area contributed by atoms with Crippen LogP contribution in [0.1, 0.15) is 36.6 Å². The molecule has 2 heterocycles. The molecule has 0 saturated carbocycles. The third-order valence-electron chi connectivity index (χ3n) is 6.44. The van der Waals surface area contributed by atoms with Gasteiger partial charge in [-0.05, 0) is 55.3 Å². The van der Waals surface area contributed by atoms with Crippen molar-refractivity contribution in [2.24, 2.45) is 4.99 Å². The Morgan fingerprint density at radius 1 is 1.05 bits per heavy atom. The summed E-state index contributed by atoms with van der Waals surface area (Å²) in [7, 11) is 0. The molecule has 212 valence electrons. The lowest BCUT2D eigenvalue weighted by Gasteiger charge is -2.25. The topological polar surface area (TPSA) is 79.1 Å². The zero-order valence-corrected chi connectivity index (χ0v) is 23.8. The Hall–Kier alpha value is -4.94. The van der Waals surface area contributed by atoms with Gasteiger partial charge in [0.1, 0.15) is 12.4 Å². The summed E-state index contributed by atoms with van der Waals surface area (Å²) in [5.74, 6) is 2.39. The minimum atomic E-state index is -0.892. The molecule has 1 atom stereocenters. The average molecular weight is 583 g/mol. The van der Waals surface area contributed by atoms with Crippen molar-refractivity contribution in [3.63, 3.8) is 0 Å². The van der Waals surface area contributed by atoms with Crippen LogP contribution in [0.3, 0.4) is 0 Å². The first kappa shape index (κ1) is 28.6. The number of rotatable bonds is 9. The molecule has 0 aliphatic carbocycles. The summed E-state index contributed by atoms with van der Waals surface area (Å²) in [6, 6.07) is 19.4. The van der Waals surface area contributed by atoms with E-state index < -0.39 is 17.8 Å². The minimum Gasteiger partial charge on any atom is -0.490 e. The van der Waals surface area contributed by atoms with Crippen LogP contribution in [0, 0.1) is 18.2 Å². The lowest BCUT2D eigenvalue weighted by Crippen LogP contribution is -2.40. The Bertz CT molecular complexity index is 1870. The number of hydrogen-bond donors (Lipinski definition) is 0. The van der Waals surface area contributed by atoms with E-state index in [1.165, 1.54) is 28.0 Å². The molecule has 0 unspecified atom stereocenters. The third kappa shape index (κ3) is 5.76. The Kier molecular flexibility index (Phi) is 8.65. The van der Waals surface area contributed by atoms with Crippen molar-refractivity contribution in [2.75, 3.05) is 19.8 Å². The maximum Gasteiger partial charge on any atom is 0.338 e. The number of halogens is 1. The van der Waals surface area contributed by atoms with Crippen molar-refractivity contribution in [2.45, 2.75) is 19.9 Å². The Labute approximate surface area is 245 Å². The van der Waals surface area contributed by atoms with Crippen molar-refractivity contribution in [3.8, 4) is 23.8 Å². The van der Waals surface area contributed by atoms with E-state index in [4.69, 9.17) is 25.6 Å². The van der Waals surface area contributed by atoms with E-state index >= 15 is 0 Å². The highest BCUT2D eigenvalue weighted by molar-refractivity contribution is 7.07. The fraction of sp³-hybridized carbons (Fsp3) is 0.182. The van der Waals surface area contributed by atoms with Crippen LogP contribution in [-0.2, 0) is 9.53 Å².